The second-order valence-corrected chi connectivity index (χ2v) is 6.06. The number of methoxy groups -OCH3 is 1. The molecule has 1 aromatic heterocycles. The summed E-state index contributed by atoms with van der Waals surface area (Å²) < 4.78 is 5.40. The number of hydrogen-bond acceptors (Lipinski definition) is 5. The van der Waals surface area contributed by atoms with Crippen LogP contribution in [-0.2, 0) is 0 Å². The third kappa shape index (κ3) is 3.73. The Morgan fingerprint density at radius 2 is 2.00 bits per heavy atom. The van der Waals surface area contributed by atoms with Crippen molar-refractivity contribution in [2.45, 2.75) is 6.92 Å². The summed E-state index contributed by atoms with van der Waals surface area (Å²) in [5.41, 5.74) is 2.06. The predicted molar refractivity (Wildman–Crippen MR) is 99.8 cm³/mol. The van der Waals surface area contributed by atoms with E-state index in [0.717, 1.165) is 54.1 Å². The fraction of sp³-hybridized carbons (Fsp3) is 0.353. The summed E-state index contributed by atoms with van der Waals surface area (Å²) in [6.07, 6.45) is 5.20. The van der Waals surface area contributed by atoms with Crippen LogP contribution in [0.3, 0.4) is 0 Å². The van der Waals surface area contributed by atoms with E-state index >= 15 is 0 Å². The second kappa shape index (κ2) is 7.44. The summed E-state index contributed by atoms with van der Waals surface area (Å²) in [7, 11) is 1.67. The maximum atomic E-state index is 5.57. The van der Waals surface area contributed by atoms with Crippen molar-refractivity contribution in [3.63, 3.8) is 0 Å². The highest BCUT2D eigenvalue weighted by Gasteiger charge is 2.20. The van der Waals surface area contributed by atoms with Crippen LogP contribution in [0, 0.1) is 6.92 Å². The number of rotatable bonds is 3. The molecule has 1 aromatic carbocycles. The molecule has 0 amide bonds. The van der Waals surface area contributed by atoms with Gasteiger partial charge < -0.3 is 19.9 Å². The van der Waals surface area contributed by atoms with Gasteiger partial charge in [-0.1, -0.05) is 6.07 Å². The van der Waals surface area contributed by atoms with E-state index in [4.69, 9.17) is 17.0 Å². The van der Waals surface area contributed by atoms with Crippen molar-refractivity contribution < 1.29 is 4.74 Å². The van der Waals surface area contributed by atoms with Gasteiger partial charge in [-0.25, -0.2) is 4.98 Å². The highest BCUT2D eigenvalue weighted by atomic mass is 32.1. The number of benzene rings is 1. The first-order chi connectivity index (χ1) is 11.7. The molecular weight excluding hydrogens is 322 g/mol. The third-order valence-electron chi connectivity index (χ3n) is 4.04. The Morgan fingerprint density at radius 3 is 2.67 bits per heavy atom. The zero-order valence-electron chi connectivity index (χ0n) is 13.9. The predicted octanol–water partition coefficient (Wildman–Crippen LogP) is 2.31. The molecule has 0 bridgehead atoms. The number of anilines is 2. The maximum Gasteiger partial charge on any atom is 0.173 e. The van der Waals surface area contributed by atoms with Crippen LogP contribution in [0.2, 0.25) is 0 Å². The van der Waals surface area contributed by atoms with Gasteiger partial charge in [0.2, 0.25) is 0 Å². The van der Waals surface area contributed by atoms with Crippen molar-refractivity contribution in [2.24, 2.45) is 0 Å². The number of thiocarbonyl (C=S) groups is 1. The standard InChI is InChI=1S/C17H21N5OS/c1-13-3-4-15(23-2)14(11-13)20-17(24)22-9-7-21(8-10-22)16-12-18-5-6-19-16/h3-6,11-12H,7-10H2,1-2H3,(H,20,24). The van der Waals surface area contributed by atoms with E-state index in [1.165, 1.54) is 0 Å². The zero-order chi connectivity index (χ0) is 16.9. The quantitative estimate of drug-likeness (QED) is 0.858. The molecule has 2 heterocycles. The van der Waals surface area contributed by atoms with Gasteiger partial charge in [0, 0.05) is 38.6 Å². The lowest BCUT2D eigenvalue weighted by Crippen LogP contribution is -2.50. The lowest BCUT2D eigenvalue weighted by atomic mass is 10.2. The first kappa shape index (κ1) is 16.4. The Morgan fingerprint density at radius 1 is 1.21 bits per heavy atom. The summed E-state index contributed by atoms with van der Waals surface area (Å²) in [6, 6.07) is 6.01. The molecule has 0 unspecified atom stereocenters. The van der Waals surface area contributed by atoms with Crippen molar-refractivity contribution in [3.8, 4) is 5.75 Å². The zero-order valence-corrected chi connectivity index (χ0v) is 14.7. The van der Waals surface area contributed by atoms with Gasteiger partial charge in [-0.15, -0.1) is 0 Å². The highest BCUT2D eigenvalue weighted by Crippen LogP contribution is 2.25. The molecule has 3 rings (SSSR count). The smallest absolute Gasteiger partial charge is 0.173 e. The first-order valence-corrected chi connectivity index (χ1v) is 8.30. The number of aryl methyl sites for hydroxylation is 1. The molecule has 0 spiro atoms. The van der Waals surface area contributed by atoms with Crippen LogP contribution in [0.15, 0.2) is 36.8 Å². The minimum atomic E-state index is 0.720. The van der Waals surface area contributed by atoms with E-state index in [2.05, 4.69) is 25.1 Å². The van der Waals surface area contributed by atoms with Gasteiger partial charge >= 0.3 is 0 Å². The largest absolute Gasteiger partial charge is 0.495 e. The van der Waals surface area contributed by atoms with Crippen molar-refractivity contribution in [1.29, 1.82) is 0 Å². The summed E-state index contributed by atoms with van der Waals surface area (Å²) in [5, 5.41) is 4.03. The summed E-state index contributed by atoms with van der Waals surface area (Å²) in [4.78, 5) is 12.9. The van der Waals surface area contributed by atoms with Gasteiger partial charge in [0.1, 0.15) is 11.6 Å². The number of nitrogens with one attached hydrogen (secondary N) is 1. The molecule has 2 aromatic rings. The van der Waals surface area contributed by atoms with E-state index in [1.807, 2.05) is 25.1 Å². The number of piperazine rings is 1. The Hall–Kier alpha value is -2.41. The molecule has 126 valence electrons. The average Bonchev–Trinajstić information content (AvgIpc) is 2.63. The molecule has 1 N–H and O–H groups in total. The van der Waals surface area contributed by atoms with Gasteiger partial charge in [0.05, 0.1) is 19.0 Å². The minimum Gasteiger partial charge on any atom is -0.495 e. The molecule has 1 aliphatic heterocycles. The summed E-state index contributed by atoms with van der Waals surface area (Å²) in [6.45, 7) is 5.47. The molecule has 0 radical (unpaired) electrons. The second-order valence-electron chi connectivity index (χ2n) is 5.67. The molecule has 0 atom stereocenters. The molecule has 24 heavy (non-hydrogen) atoms. The topological polar surface area (TPSA) is 53.5 Å². The average molecular weight is 343 g/mol. The molecule has 0 saturated carbocycles. The lowest BCUT2D eigenvalue weighted by molar-refractivity contribution is 0.388. The minimum absolute atomic E-state index is 0.720. The van der Waals surface area contributed by atoms with Crippen LogP contribution >= 0.6 is 12.2 Å². The van der Waals surface area contributed by atoms with Gasteiger partial charge in [-0.2, -0.15) is 0 Å². The Balaban J connectivity index is 1.61. The third-order valence-corrected chi connectivity index (χ3v) is 4.40. The fourth-order valence-corrected chi connectivity index (χ4v) is 3.00. The van der Waals surface area contributed by atoms with E-state index in [0.29, 0.717) is 0 Å². The van der Waals surface area contributed by atoms with Crippen molar-refractivity contribution in [1.82, 2.24) is 14.9 Å². The van der Waals surface area contributed by atoms with E-state index in [-0.39, 0.29) is 0 Å². The summed E-state index contributed by atoms with van der Waals surface area (Å²) >= 11 is 5.57. The van der Waals surface area contributed by atoms with Crippen LogP contribution < -0.4 is 15.0 Å². The highest BCUT2D eigenvalue weighted by molar-refractivity contribution is 7.80. The normalized spacial score (nSPS) is 14.4. The van der Waals surface area contributed by atoms with Crippen LogP contribution in [0.4, 0.5) is 11.5 Å². The van der Waals surface area contributed by atoms with Crippen molar-refractivity contribution in [3.05, 3.63) is 42.4 Å². The molecule has 1 aliphatic rings. The Kier molecular flexibility index (Phi) is 5.10. The molecule has 6 nitrogen and oxygen atoms in total. The van der Waals surface area contributed by atoms with Crippen LogP contribution in [-0.4, -0.2) is 53.3 Å². The number of nitrogens with zero attached hydrogens (tertiary/aromatic N) is 4. The molecule has 1 fully saturated rings. The van der Waals surface area contributed by atoms with Crippen molar-refractivity contribution in [2.75, 3.05) is 43.5 Å². The molecule has 1 saturated heterocycles. The lowest BCUT2D eigenvalue weighted by Gasteiger charge is -2.36. The monoisotopic (exact) mass is 343 g/mol. The first-order valence-electron chi connectivity index (χ1n) is 7.89. The van der Waals surface area contributed by atoms with Crippen LogP contribution in [0.1, 0.15) is 5.56 Å². The Bertz CT molecular complexity index is 701. The van der Waals surface area contributed by atoms with Crippen LogP contribution in [0.25, 0.3) is 0 Å². The number of aromatic nitrogens is 2. The maximum absolute atomic E-state index is 5.57. The van der Waals surface area contributed by atoms with Gasteiger partial charge in [-0.3, -0.25) is 4.98 Å². The molecular formula is C17H21N5OS. The van der Waals surface area contributed by atoms with E-state index in [1.54, 1.807) is 25.7 Å². The summed E-state index contributed by atoms with van der Waals surface area (Å²) in [5.74, 6) is 1.71. The molecule has 0 aliphatic carbocycles. The van der Waals surface area contributed by atoms with Crippen molar-refractivity contribution >= 4 is 28.8 Å². The fourth-order valence-electron chi connectivity index (χ4n) is 2.71. The SMILES string of the molecule is COc1ccc(C)cc1NC(=S)N1CCN(c2cnccn2)CC1. The van der Waals surface area contributed by atoms with Gasteiger partial charge in [0.25, 0.3) is 0 Å². The van der Waals surface area contributed by atoms with Gasteiger partial charge in [-0.05, 0) is 36.8 Å². The van der Waals surface area contributed by atoms with Crippen LogP contribution in [0.5, 0.6) is 5.75 Å². The molecule has 7 heteroatoms. The van der Waals surface area contributed by atoms with Gasteiger partial charge in [0.15, 0.2) is 5.11 Å². The van der Waals surface area contributed by atoms with E-state index < -0.39 is 0 Å². The number of ether oxygens (including phenoxy) is 1. The Labute approximate surface area is 147 Å². The number of hydrogen-bond donors (Lipinski definition) is 1. The van der Waals surface area contributed by atoms with E-state index in [9.17, 15) is 0 Å².